The van der Waals surface area contributed by atoms with Gasteiger partial charge >= 0.3 is 0 Å². The number of benzene rings is 2. The maximum absolute atomic E-state index is 12.6. The number of phenolic OH excluding ortho intramolecular Hbond substituents is 5. The van der Waals surface area contributed by atoms with Crippen LogP contribution in [0.4, 0.5) is 0 Å². The summed E-state index contributed by atoms with van der Waals surface area (Å²) in [6, 6.07) is 2.41. The zero-order valence-electron chi connectivity index (χ0n) is 17.4. The van der Waals surface area contributed by atoms with Crippen molar-refractivity contribution in [2.45, 2.75) is 30.7 Å². The summed E-state index contributed by atoms with van der Waals surface area (Å²) < 4.78 is 15.8. The van der Waals surface area contributed by atoms with Crippen molar-refractivity contribution in [3.63, 3.8) is 0 Å². The average molecular weight is 496 g/mol. The second kappa shape index (κ2) is 8.68. The minimum Gasteiger partial charge on any atom is -0.507 e. The molecule has 1 aromatic heterocycles. The Bertz CT molecular complexity index is 1350. The lowest BCUT2D eigenvalue weighted by Gasteiger charge is -2.39. The van der Waals surface area contributed by atoms with Gasteiger partial charge in [-0.05, 0) is 12.1 Å². The predicted octanol–water partition coefficient (Wildman–Crippen LogP) is -1.13. The molecule has 0 amide bonds. The molecular weight excluding hydrogens is 476 g/mol. The fourth-order valence-corrected chi connectivity index (χ4v) is 3.61. The first-order valence-electron chi connectivity index (χ1n) is 9.93. The van der Waals surface area contributed by atoms with Crippen molar-refractivity contribution >= 4 is 11.0 Å². The van der Waals surface area contributed by atoms with Gasteiger partial charge in [-0.15, -0.1) is 0 Å². The van der Waals surface area contributed by atoms with Crippen molar-refractivity contribution in [3.05, 3.63) is 28.4 Å². The molecule has 2 heterocycles. The third kappa shape index (κ3) is 3.88. The Hall–Kier alpha value is -3.95. The number of hydrogen-bond acceptors (Lipinski definition) is 14. The van der Waals surface area contributed by atoms with Gasteiger partial charge in [0.2, 0.25) is 29.0 Å². The molecular formula is C21H20O14. The highest BCUT2D eigenvalue weighted by Gasteiger charge is 2.45. The number of phenols is 5. The van der Waals surface area contributed by atoms with E-state index in [-0.39, 0.29) is 5.56 Å². The van der Waals surface area contributed by atoms with Crippen molar-refractivity contribution in [1.29, 1.82) is 0 Å². The van der Waals surface area contributed by atoms with Crippen LogP contribution in [-0.2, 0) is 4.74 Å². The summed E-state index contributed by atoms with van der Waals surface area (Å²) in [4.78, 5) is 12.6. The SMILES string of the molecule is O=c1c(O)c(-c2cc(O)c(O)c(O[C@@H]3O[C@H](CO)[C@@H](O)[C@H](O)[C@H]3O)c2)oc2c(O)c(O)cc(O)c12. The van der Waals surface area contributed by atoms with Gasteiger partial charge in [-0.1, -0.05) is 0 Å². The van der Waals surface area contributed by atoms with E-state index in [1.807, 2.05) is 0 Å². The molecule has 14 heteroatoms. The summed E-state index contributed by atoms with van der Waals surface area (Å²) >= 11 is 0. The molecule has 1 aliphatic rings. The number of fused-ring (bicyclic) bond motifs is 1. The van der Waals surface area contributed by atoms with Gasteiger partial charge in [-0.3, -0.25) is 4.79 Å². The number of aromatic hydroxyl groups is 6. The zero-order valence-corrected chi connectivity index (χ0v) is 17.4. The van der Waals surface area contributed by atoms with Crippen LogP contribution in [0.25, 0.3) is 22.3 Å². The van der Waals surface area contributed by atoms with Gasteiger partial charge < -0.3 is 65.0 Å². The summed E-state index contributed by atoms with van der Waals surface area (Å²) in [5.41, 5.74) is -2.24. The van der Waals surface area contributed by atoms with Crippen molar-refractivity contribution in [2.75, 3.05) is 6.61 Å². The summed E-state index contributed by atoms with van der Waals surface area (Å²) in [5.74, 6) is -6.72. The summed E-state index contributed by atoms with van der Waals surface area (Å²) in [6.07, 6.45) is -8.47. The maximum atomic E-state index is 12.6. The van der Waals surface area contributed by atoms with E-state index >= 15 is 0 Å². The Labute approximate surface area is 193 Å². The Kier molecular flexibility index (Phi) is 6.00. The number of aliphatic hydroxyl groups excluding tert-OH is 4. The first-order chi connectivity index (χ1) is 16.5. The molecule has 1 aliphatic heterocycles. The van der Waals surface area contributed by atoms with E-state index in [0.717, 1.165) is 12.1 Å². The first kappa shape index (κ1) is 24.2. The largest absolute Gasteiger partial charge is 0.507 e. The lowest BCUT2D eigenvalue weighted by molar-refractivity contribution is -0.277. The van der Waals surface area contributed by atoms with Gasteiger partial charge in [0.15, 0.2) is 28.6 Å². The third-order valence-electron chi connectivity index (χ3n) is 5.48. The first-order valence-corrected chi connectivity index (χ1v) is 9.93. The molecule has 1 saturated heterocycles. The van der Waals surface area contributed by atoms with Crippen LogP contribution < -0.4 is 10.2 Å². The molecule has 14 nitrogen and oxygen atoms in total. The minimum absolute atomic E-state index is 0.321. The monoisotopic (exact) mass is 496 g/mol. The van der Waals surface area contributed by atoms with Gasteiger partial charge in [0, 0.05) is 11.6 Å². The highest BCUT2D eigenvalue weighted by atomic mass is 16.7. The Morgan fingerprint density at radius 2 is 1.46 bits per heavy atom. The Morgan fingerprint density at radius 3 is 2.11 bits per heavy atom. The normalized spacial score (nSPS) is 24.5. The molecule has 1 fully saturated rings. The predicted molar refractivity (Wildman–Crippen MR) is 112 cm³/mol. The average Bonchev–Trinajstić information content (AvgIpc) is 2.82. The van der Waals surface area contributed by atoms with Crippen LogP contribution in [-0.4, -0.2) is 88.4 Å². The van der Waals surface area contributed by atoms with E-state index in [4.69, 9.17) is 13.9 Å². The Morgan fingerprint density at radius 1 is 0.800 bits per heavy atom. The van der Waals surface area contributed by atoms with E-state index in [0.29, 0.717) is 6.07 Å². The van der Waals surface area contributed by atoms with Crippen LogP contribution in [0.1, 0.15) is 0 Å². The lowest BCUT2D eigenvalue weighted by atomic mass is 9.99. The van der Waals surface area contributed by atoms with E-state index < -0.39 is 99.7 Å². The molecule has 5 atom stereocenters. The molecule has 4 rings (SSSR count). The van der Waals surface area contributed by atoms with Gasteiger partial charge in [0.1, 0.15) is 35.6 Å². The van der Waals surface area contributed by atoms with Crippen LogP contribution in [0.3, 0.4) is 0 Å². The van der Waals surface area contributed by atoms with Gasteiger partial charge in [0.05, 0.1) is 6.61 Å². The standard InChI is InChI=1S/C21H20O14/c22-4-10-14(28)16(30)18(32)21(34-10)33-9-2-5(1-7(24)12(9)26)19-17(31)15(29)11-6(23)3-8(25)13(27)20(11)35-19/h1-3,10,14,16,18,21-28,30-32H,4H2/t10-,14-,16+,18-,21-/m1/s1. The highest BCUT2D eigenvalue weighted by Crippen LogP contribution is 2.45. The number of hydrogen-bond donors (Lipinski definition) is 10. The van der Waals surface area contributed by atoms with Gasteiger partial charge in [0.25, 0.3) is 0 Å². The molecule has 0 unspecified atom stereocenters. The molecule has 0 spiro atoms. The minimum atomic E-state index is -1.87. The van der Waals surface area contributed by atoms with E-state index in [2.05, 4.69) is 0 Å². The molecule has 3 aromatic rings. The molecule has 0 bridgehead atoms. The topological polar surface area (TPSA) is 251 Å². The van der Waals surface area contributed by atoms with Crippen LogP contribution in [0.15, 0.2) is 27.4 Å². The Balaban J connectivity index is 1.83. The highest BCUT2D eigenvalue weighted by molar-refractivity contribution is 5.93. The summed E-state index contributed by atoms with van der Waals surface area (Å²) in [5, 5.41) is 99.0. The molecule has 0 radical (unpaired) electrons. The molecule has 10 N–H and O–H groups in total. The molecule has 0 saturated carbocycles. The quantitative estimate of drug-likeness (QED) is 0.152. The summed E-state index contributed by atoms with van der Waals surface area (Å²) in [6.45, 7) is -0.763. The van der Waals surface area contributed by atoms with Gasteiger partial charge in [-0.25, -0.2) is 0 Å². The molecule has 188 valence electrons. The fourth-order valence-electron chi connectivity index (χ4n) is 3.61. The van der Waals surface area contributed by atoms with Gasteiger partial charge in [-0.2, -0.15) is 0 Å². The van der Waals surface area contributed by atoms with Crippen LogP contribution in [0, 0.1) is 0 Å². The van der Waals surface area contributed by atoms with E-state index in [1.165, 1.54) is 0 Å². The third-order valence-corrected chi connectivity index (χ3v) is 5.48. The summed E-state index contributed by atoms with van der Waals surface area (Å²) in [7, 11) is 0. The van der Waals surface area contributed by atoms with E-state index in [9.17, 15) is 55.9 Å². The second-order valence-corrected chi connectivity index (χ2v) is 7.73. The van der Waals surface area contributed by atoms with Crippen LogP contribution >= 0.6 is 0 Å². The second-order valence-electron chi connectivity index (χ2n) is 7.73. The zero-order chi connectivity index (χ0) is 25.8. The smallest absolute Gasteiger partial charge is 0.238 e. The molecule has 35 heavy (non-hydrogen) atoms. The van der Waals surface area contributed by atoms with Crippen molar-refractivity contribution in [3.8, 4) is 51.6 Å². The fraction of sp³-hybridized carbons (Fsp3) is 0.286. The van der Waals surface area contributed by atoms with Crippen molar-refractivity contribution < 1.29 is 65.0 Å². The molecule has 2 aromatic carbocycles. The maximum Gasteiger partial charge on any atom is 0.238 e. The number of rotatable bonds is 4. The van der Waals surface area contributed by atoms with Crippen LogP contribution in [0.2, 0.25) is 0 Å². The van der Waals surface area contributed by atoms with E-state index in [1.54, 1.807) is 0 Å². The lowest BCUT2D eigenvalue weighted by Crippen LogP contribution is -2.60. The van der Waals surface area contributed by atoms with Crippen molar-refractivity contribution in [2.24, 2.45) is 0 Å². The molecule has 0 aliphatic carbocycles. The van der Waals surface area contributed by atoms with Crippen LogP contribution in [0.5, 0.6) is 40.2 Å². The number of ether oxygens (including phenoxy) is 2. The van der Waals surface area contributed by atoms with Crippen molar-refractivity contribution in [1.82, 2.24) is 0 Å². The number of aliphatic hydroxyl groups is 4.